The number of carbonyl (C=O) groups excluding carboxylic acids is 1. The summed E-state index contributed by atoms with van der Waals surface area (Å²) in [6, 6.07) is 11.6. The topological polar surface area (TPSA) is 80.7 Å². The number of ether oxygens (including phenoxy) is 4. The molecule has 1 fully saturated rings. The third-order valence-electron chi connectivity index (χ3n) is 6.10. The highest BCUT2D eigenvalue weighted by atomic mass is 16.7. The Bertz CT molecular complexity index is 1080. The zero-order valence-electron chi connectivity index (χ0n) is 20.2. The van der Waals surface area contributed by atoms with Crippen LogP contribution in [-0.2, 0) is 17.8 Å². The van der Waals surface area contributed by atoms with Gasteiger partial charge in [-0.3, -0.25) is 9.69 Å². The van der Waals surface area contributed by atoms with E-state index in [-0.39, 0.29) is 12.7 Å². The molecule has 2 aliphatic heterocycles. The van der Waals surface area contributed by atoms with Crippen molar-refractivity contribution in [3.05, 3.63) is 71.8 Å². The van der Waals surface area contributed by atoms with Crippen molar-refractivity contribution in [3.63, 3.8) is 0 Å². The van der Waals surface area contributed by atoms with Crippen molar-refractivity contribution in [3.8, 4) is 23.0 Å². The van der Waals surface area contributed by atoms with Gasteiger partial charge in [-0.15, -0.1) is 0 Å². The molecule has 0 aliphatic carbocycles. The first-order valence-corrected chi connectivity index (χ1v) is 11.7. The predicted octanol–water partition coefficient (Wildman–Crippen LogP) is 2.79. The first-order chi connectivity index (χ1) is 17.1. The Morgan fingerprint density at radius 1 is 0.971 bits per heavy atom. The molecular formula is C27H32N2O6. The highest BCUT2D eigenvalue weighted by Crippen LogP contribution is 2.33. The lowest BCUT2D eigenvalue weighted by molar-refractivity contribution is -0.127. The van der Waals surface area contributed by atoms with Crippen LogP contribution in [0.4, 0.5) is 0 Å². The van der Waals surface area contributed by atoms with Crippen molar-refractivity contribution in [2.24, 2.45) is 0 Å². The lowest BCUT2D eigenvalue weighted by Crippen LogP contribution is -2.47. The summed E-state index contributed by atoms with van der Waals surface area (Å²) in [6.45, 7) is 4.08. The van der Waals surface area contributed by atoms with E-state index in [0.717, 1.165) is 36.7 Å². The number of aliphatic hydroxyl groups excluding tert-OH is 1. The van der Waals surface area contributed by atoms with Gasteiger partial charge in [0.25, 0.3) is 0 Å². The third kappa shape index (κ3) is 6.55. The maximum atomic E-state index is 12.5. The number of allylic oxidation sites excluding steroid dienone is 2. The average molecular weight is 481 g/mol. The number of benzene rings is 2. The van der Waals surface area contributed by atoms with E-state index in [1.54, 1.807) is 38.5 Å². The fourth-order valence-electron chi connectivity index (χ4n) is 4.18. The molecule has 2 aromatic carbocycles. The molecule has 0 bridgehead atoms. The minimum absolute atomic E-state index is 0.0215. The van der Waals surface area contributed by atoms with Crippen molar-refractivity contribution in [2.75, 3.05) is 47.2 Å². The van der Waals surface area contributed by atoms with Gasteiger partial charge in [0.1, 0.15) is 0 Å². The minimum atomic E-state index is -0.674. The van der Waals surface area contributed by atoms with E-state index < -0.39 is 6.10 Å². The van der Waals surface area contributed by atoms with Gasteiger partial charge in [0.05, 0.1) is 20.3 Å². The molecule has 2 heterocycles. The Labute approximate surface area is 206 Å². The number of piperazine rings is 1. The number of amides is 1. The zero-order chi connectivity index (χ0) is 24.6. The molecule has 0 aromatic heterocycles. The number of rotatable bonds is 9. The summed E-state index contributed by atoms with van der Waals surface area (Å²) < 4.78 is 21.4. The second kappa shape index (κ2) is 11.8. The zero-order valence-corrected chi connectivity index (χ0v) is 20.2. The summed E-state index contributed by atoms with van der Waals surface area (Å²) in [5.74, 6) is 2.84. The van der Waals surface area contributed by atoms with Gasteiger partial charge in [-0.1, -0.05) is 30.4 Å². The second-order valence-electron chi connectivity index (χ2n) is 8.49. The molecule has 0 unspecified atom stereocenters. The number of carbonyl (C=O) groups is 1. The summed E-state index contributed by atoms with van der Waals surface area (Å²) in [5, 5.41) is 10.3. The van der Waals surface area contributed by atoms with Crippen molar-refractivity contribution in [2.45, 2.75) is 19.1 Å². The summed E-state index contributed by atoms with van der Waals surface area (Å²) in [5.41, 5.74) is 2.10. The average Bonchev–Trinajstić information content (AvgIpc) is 3.35. The van der Waals surface area contributed by atoms with Crippen molar-refractivity contribution in [1.82, 2.24) is 9.80 Å². The van der Waals surface area contributed by atoms with Gasteiger partial charge in [0, 0.05) is 45.2 Å². The first kappa shape index (κ1) is 24.6. The number of methoxy groups -OCH3 is 2. The first-order valence-electron chi connectivity index (χ1n) is 11.7. The number of hydrogen-bond acceptors (Lipinski definition) is 7. The highest BCUT2D eigenvalue weighted by molar-refractivity contribution is 5.87. The smallest absolute Gasteiger partial charge is 0.246 e. The van der Waals surface area contributed by atoms with Crippen LogP contribution in [0, 0.1) is 0 Å². The molecule has 1 saturated heterocycles. The van der Waals surface area contributed by atoms with Crippen LogP contribution in [0.15, 0.2) is 60.7 Å². The number of nitrogens with zero attached hydrogens (tertiary/aromatic N) is 2. The highest BCUT2D eigenvalue weighted by Gasteiger charge is 2.20. The van der Waals surface area contributed by atoms with E-state index >= 15 is 0 Å². The fraction of sp³-hybridized carbons (Fsp3) is 0.370. The molecule has 2 aliphatic rings. The Morgan fingerprint density at radius 3 is 2.49 bits per heavy atom. The van der Waals surface area contributed by atoms with Crippen LogP contribution in [0.25, 0.3) is 0 Å². The van der Waals surface area contributed by atoms with Gasteiger partial charge in [-0.2, -0.15) is 0 Å². The molecule has 0 saturated carbocycles. The quantitative estimate of drug-likeness (QED) is 0.437. The van der Waals surface area contributed by atoms with E-state index in [1.165, 1.54) is 5.56 Å². The predicted molar refractivity (Wildman–Crippen MR) is 132 cm³/mol. The van der Waals surface area contributed by atoms with Crippen LogP contribution in [0.2, 0.25) is 0 Å². The molecule has 1 amide bonds. The van der Waals surface area contributed by atoms with Crippen LogP contribution in [0.3, 0.4) is 0 Å². The molecule has 2 aromatic rings. The van der Waals surface area contributed by atoms with Crippen LogP contribution < -0.4 is 18.9 Å². The molecule has 1 atom stereocenters. The molecule has 1 N–H and O–H groups in total. The summed E-state index contributed by atoms with van der Waals surface area (Å²) in [6.07, 6.45) is 6.37. The lowest BCUT2D eigenvalue weighted by Gasteiger charge is -2.34. The Balaban J connectivity index is 1.20. The maximum absolute atomic E-state index is 12.5. The Hall–Kier alpha value is -3.49. The third-order valence-corrected chi connectivity index (χ3v) is 6.10. The number of aliphatic hydroxyl groups is 1. The monoisotopic (exact) mass is 480 g/mol. The lowest BCUT2D eigenvalue weighted by atomic mass is 10.1. The van der Waals surface area contributed by atoms with E-state index in [4.69, 9.17) is 18.9 Å². The van der Waals surface area contributed by atoms with Crippen LogP contribution >= 0.6 is 0 Å². The van der Waals surface area contributed by atoms with Crippen molar-refractivity contribution in [1.29, 1.82) is 0 Å². The molecule has 35 heavy (non-hydrogen) atoms. The van der Waals surface area contributed by atoms with Gasteiger partial charge in [0.2, 0.25) is 12.7 Å². The van der Waals surface area contributed by atoms with Gasteiger partial charge in [-0.05, 0) is 35.4 Å². The van der Waals surface area contributed by atoms with Gasteiger partial charge >= 0.3 is 0 Å². The molecular weight excluding hydrogens is 448 g/mol. The summed E-state index contributed by atoms with van der Waals surface area (Å²) in [4.78, 5) is 16.7. The van der Waals surface area contributed by atoms with Crippen LogP contribution in [-0.4, -0.2) is 74.1 Å². The molecule has 4 rings (SSSR count). The van der Waals surface area contributed by atoms with Gasteiger partial charge in [-0.25, -0.2) is 0 Å². The van der Waals surface area contributed by atoms with Crippen LogP contribution in [0.1, 0.15) is 11.1 Å². The molecule has 186 valence electrons. The standard InChI is InChI=1S/C27H32N2O6/c1-32-23-9-7-20(16-25(23)33-2)15-22(30)5-3-4-6-27(31)29-13-11-28(12-14-29)18-21-8-10-24-26(17-21)35-19-34-24/h3-10,16-17,22,30H,11-15,18-19H2,1-2H3/b5-3+,6-4+/t22-/m0/s1. The molecule has 8 heteroatoms. The largest absolute Gasteiger partial charge is 0.493 e. The van der Waals surface area contributed by atoms with Crippen molar-refractivity contribution >= 4 is 5.91 Å². The van der Waals surface area contributed by atoms with Gasteiger partial charge in [0.15, 0.2) is 23.0 Å². The van der Waals surface area contributed by atoms with Gasteiger partial charge < -0.3 is 29.0 Å². The molecule has 0 spiro atoms. The van der Waals surface area contributed by atoms with Crippen LogP contribution in [0.5, 0.6) is 23.0 Å². The Morgan fingerprint density at radius 2 is 1.71 bits per heavy atom. The SMILES string of the molecule is COc1ccc(C[C@@H](O)/C=C/C=C/C(=O)N2CCN(Cc3ccc4c(c3)OCO4)CC2)cc1OC. The normalized spacial score (nSPS) is 16.7. The van der Waals surface area contributed by atoms with E-state index in [2.05, 4.69) is 11.0 Å². The number of hydrogen-bond donors (Lipinski definition) is 1. The summed E-state index contributed by atoms with van der Waals surface area (Å²) >= 11 is 0. The minimum Gasteiger partial charge on any atom is -0.493 e. The maximum Gasteiger partial charge on any atom is 0.246 e. The van der Waals surface area contributed by atoms with E-state index in [9.17, 15) is 9.90 Å². The Kier molecular flexibility index (Phi) is 8.28. The van der Waals surface area contributed by atoms with Crippen molar-refractivity contribution < 1.29 is 28.8 Å². The molecule has 0 radical (unpaired) electrons. The van der Waals surface area contributed by atoms with E-state index in [1.807, 2.05) is 35.2 Å². The second-order valence-corrected chi connectivity index (χ2v) is 8.49. The number of fused-ring (bicyclic) bond motifs is 1. The summed E-state index contributed by atoms with van der Waals surface area (Å²) in [7, 11) is 3.17. The fourth-order valence-corrected chi connectivity index (χ4v) is 4.18. The molecule has 8 nitrogen and oxygen atoms in total. The van der Waals surface area contributed by atoms with E-state index in [0.29, 0.717) is 31.0 Å².